The van der Waals surface area contributed by atoms with Crippen molar-refractivity contribution in [1.29, 1.82) is 0 Å². The van der Waals surface area contributed by atoms with Gasteiger partial charge in [0.05, 0.1) is 0 Å². The van der Waals surface area contributed by atoms with Crippen LogP contribution in [-0.2, 0) is 0 Å². The molecule has 74 valence electrons. The quantitative estimate of drug-likeness (QED) is 0.401. The molecule has 0 rings (SSSR count). The Hall–Kier alpha value is -0.563. The predicted molar refractivity (Wildman–Crippen MR) is 65.3 cm³/mol. The second-order valence-corrected chi connectivity index (χ2v) is 7.48. The third kappa shape index (κ3) is 4.27. The van der Waals surface area contributed by atoms with Gasteiger partial charge in [-0.25, -0.2) is 0 Å². The van der Waals surface area contributed by atoms with Gasteiger partial charge >= 0.3 is 0 Å². The maximum atomic E-state index is 3.89. The Bertz CT molecular complexity index is 148. The van der Waals surface area contributed by atoms with Crippen LogP contribution in [0.5, 0.6) is 0 Å². The Morgan fingerprint density at radius 2 is 1.46 bits per heavy atom. The molecule has 0 N–H and O–H groups in total. The average molecular weight is 194 g/mol. The molecule has 13 heavy (non-hydrogen) atoms. The van der Waals surface area contributed by atoms with Crippen LogP contribution in [0.3, 0.4) is 0 Å². The third-order valence-electron chi connectivity index (χ3n) is 2.60. The van der Waals surface area contributed by atoms with Crippen LogP contribution >= 0.6 is 0 Å². The minimum absolute atomic E-state index is 1.24. The van der Waals surface area contributed by atoms with Crippen LogP contribution in [-0.4, -0.2) is 8.07 Å². The Kier molecular flexibility index (Phi) is 6.60. The molecule has 0 nitrogen and oxygen atoms in total. The molecule has 0 unspecified atom stereocenters. The molecule has 0 aliphatic carbocycles. The summed E-state index contributed by atoms with van der Waals surface area (Å²) in [4.78, 5) is 0. The number of rotatable bonds is 8. The minimum Gasteiger partial charge on any atom is -0.106 e. The maximum absolute atomic E-state index is 3.89. The van der Waals surface area contributed by atoms with Crippen molar-refractivity contribution < 1.29 is 0 Å². The van der Waals surface area contributed by atoms with Crippen molar-refractivity contribution in [2.24, 2.45) is 0 Å². The molecule has 0 fully saturated rings. The predicted octanol–water partition coefficient (Wildman–Crippen LogP) is 4.19. The summed E-state index contributed by atoms with van der Waals surface area (Å²) < 4.78 is 0. The van der Waals surface area contributed by atoms with E-state index < -0.39 is 8.07 Å². The first kappa shape index (κ1) is 12.4. The molecule has 0 amide bonds. The lowest BCUT2D eigenvalue weighted by Gasteiger charge is -2.18. The molecular formula is C12H22Si. The van der Waals surface area contributed by atoms with Crippen LogP contribution in [0.2, 0.25) is 6.04 Å². The van der Waals surface area contributed by atoms with Gasteiger partial charge in [0.1, 0.15) is 8.07 Å². The first-order valence-corrected chi connectivity index (χ1v) is 7.59. The number of hydrogen-bond donors (Lipinski definition) is 0. The van der Waals surface area contributed by atoms with Gasteiger partial charge in [0.25, 0.3) is 0 Å². The number of hydrogen-bond acceptors (Lipinski definition) is 0. The molecule has 0 aliphatic rings. The van der Waals surface area contributed by atoms with E-state index in [1.54, 1.807) is 0 Å². The Balaban J connectivity index is 3.89. The number of unbranched alkanes of at least 4 members (excludes halogenated alkanes) is 3. The van der Waals surface area contributed by atoms with Gasteiger partial charge in [-0.3, -0.25) is 0 Å². The Morgan fingerprint density at radius 3 is 1.85 bits per heavy atom. The second-order valence-electron chi connectivity index (χ2n) is 3.54. The largest absolute Gasteiger partial charge is 0.124 e. The van der Waals surface area contributed by atoms with Gasteiger partial charge < -0.3 is 0 Å². The Morgan fingerprint density at radius 1 is 0.923 bits per heavy atom. The molecule has 0 bridgehead atoms. The lowest BCUT2D eigenvalue weighted by molar-refractivity contribution is 0.698. The molecule has 0 aliphatic heterocycles. The normalized spacial score (nSPS) is 10.8. The molecule has 0 saturated heterocycles. The summed E-state index contributed by atoms with van der Waals surface area (Å²) in [6.45, 7) is 13.9. The smallest absolute Gasteiger partial charge is 0.106 e. The first-order valence-electron chi connectivity index (χ1n) is 5.15. The molecular weight excluding hydrogens is 172 g/mol. The second kappa shape index (κ2) is 6.90. The zero-order valence-electron chi connectivity index (χ0n) is 8.89. The van der Waals surface area contributed by atoms with Gasteiger partial charge in [0.2, 0.25) is 0 Å². The van der Waals surface area contributed by atoms with Crippen molar-refractivity contribution in [3.05, 3.63) is 36.8 Å². The van der Waals surface area contributed by atoms with Gasteiger partial charge in [-0.2, -0.15) is 0 Å². The zero-order valence-corrected chi connectivity index (χ0v) is 9.89. The monoisotopic (exact) mass is 194 g/mol. The average Bonchev–Trinajstić information content (AvgIpc) is 2.20. The van der Waals surface area contributed by atoms with Gasteiger partial charge in [-0.05, 0) is 6.04 Å². The standard InChI is InChI=1S/C12H22Si/c1-5-9-10-11-12-13(6-2,7-3)8-4/h6-8H,2-5,9-12H2,1H3. The lowest BCUT2D eigenvalue weighted by atomic mass is 10.2. The molecule has 1 heteroatoms. The van der Waals surface area contributed by atoms with E-state index in [9.17, 15) is 0 Å². The lowest BCUT2D eigenvalue weighted by Crippen LogP contribution is -2.26. The molecule has 0 heterocycles. The zero-order chi connectivity index (χ0) is 10.2. The van der Waals surface area contributed by atoms with Crippen molar-refractivity contribution in [3.8, 4) is 0 Å². The van der Waals surface area contributed by atoms with Crippen LogP contribution in [0, 0.1) is 0 Å². The van der Waals surface area contributed by atoms with Crippen LogP contribution in [0.4, 0.5) is 0 Å². The van der Waals surface area contributed by atoms with Crippen molar-refractivity contribution >= 4 is 8.07 Å². The molecule has 0 spiro atoms. The molecule has 0 aromatic rings. The van der Waals surface area contributed by atoms with E-state index in [0.717, 1.165) is 0 Å². The topological polar surface area (TPSA) is 0 Å². The molecule has 0 saturated carbocycles. The van der Waals surface area contributed by atoms with E-state index >= 15 is 0 Å². The van der Waals surface area contributed by atoms with Crippen LogP contribution in [0.25, 0.3) is 0 Å². The Labute approximate surface area is 84.1 Å². The van der Waals surface area contributed by atoms with Gasteiger partial charge in [0.15, 0.2) is 0 Å². The summed E-state index contributed by atoms with van der Waals surface area (Å²) in [5, 5.41) is 0. The fraction of sp³-hybridized carbons (Fsp3) is 0.500. The van der Waals surface area contributed by atoms with Crippen molar-refractivity contribution in [2.45, 2.75) is 38.7 Å². The van der Waals surface area contributed by atoms with Gasteiger partial charge in [-0.1, -0.05) is 49.7 Å². The molecule has 0 radical (unpaired) electrons. The van der Waals surface area contributed by atoms with Crippen molar-refractivity contribution in [2.75, 3.05) is 0 Å². The molecule has 0 aromatic heterocycles. The highest BCUT2D eigenvalue weighted by atomic mass is 28.3. The highest BCUT2D eigenvalue weighted by molar-refractivity contribution is 6.93. The van der Waals surface area contributed by atoms with Crippen molar-refractivity contribution in [3.63, 3.8) is 0 Å². The minimum atomic E-state index is -1.48. The molecule has 0 atom stereocenters. The van der Waals surface area contributed by atoms with E-state index in [2.05, 4.69) is 43.8 Å². The van der Waals surface area contributed by atoms with Crippen LogP contribution < -0.4 is 0 Å². The summed E-state index contributed by atoms with van der Waals surface area (Å²) in [5.74, 6) is 0. The summed E-state index contributed by atoms with van der Waals surface area (Å²) in [7, 11) is -1.48. The summed E-state index contributed by atoms with van der Waals surface area (Å²) >= 11 is 0. The summed E-state index contributed by atoms with van der Waals surface area (Å²) in [5.41, 5.74) is 6.25. The van der Waals surface area contributed by atoms with Crippen LogP contribution in [0.15, 0.2) is 36.8 Å². The fourth-order valence-electron chi connectivity index (χ4n) is 1.41. The van der Waals surface area contributed by atoms with E-state index in [4.69, 9.17) is 0 Å². The fourth-order valence-corrected chi connectivity index (χ4v) is 3.39. The summed E-state index contributed by atoms with van der Waals surface area (Å²) in [6, 6.07) is 1.24. The third-order valence-corrected chi connectivity index (χ3v) is 6.10. The highest BCUT2D eigenvalue weighted by Gasteiger charge is 2.20. The van der Waals surface area contributed by atoms with Gasteiger partial charge in [-0.15, -0.1) is 19.7 Å². The highest BCUT2D eigenvalue weighted by Crippen LogP contribution is 2.18. The first-order chi connectivity index (χ1) is 6.24. The van der Waals surface area contributed by atoms with E-state index in [0.29, 0.717) is 0 Å². The van der Waals surface area contributed by atoms with E-state index in [1.165, 1.54) is 31.7 Å². The van der Waals surface area contributed by atoms with E-state index in [-0.39, 0.29) is 0 Å². The molecule has 0 aromatic carbocycles. The SMILES string of the molecule is C=C[Si](C=C)(C=C)CCCCCC. The summed E-state index contributed by atoms with van der Waals surface area (Å²) in [6.07, 6.45) is 5.27. The van der Waals surface area contributed by atoms with Gasteiger partial charge in [0, 0.05) is 0 Å². The van der Waals surface area contributed by atoms with Crippen molar-refractivity contribution in [1.82, 2.24) is 0 Å². The van der Waals surface area contributed by atoms with E-state index in [1.807, 2.05) is 0 Å². The maximum Gasteiger partial charge on any atom is 0.124 e. The van der Waals surface area contributed by atoms with Crippen LogP contribution in [0.1, 0.15) is 32.6 Å².